The number of aryl methyl sites for hydroxylation is 1. The largest absolute Gasteiger partial charge is 0.478 e. The molecule has 1 atom stereocenters. The predicted octanol–water partition coefficient (Wildman–Crippen LogP) is 5.26. The predicted molar refractivity (Wildman–Crippen MR) is 131 cm³/mol. The van der Waals surface area contributed by atoms with Crippen LogP contribution >= 0.6 is 11.3 Å². The fourth-order valence-electron chi connectivity index (χ4n) is 4.61. The van der Waals surface area contributed by atoms with E-state index in [1.165, 1.54) is 23.7 Å². The standard InChI is InChI=1S/C25H25F3N6O2S/c1-4-36-23-16(11-19(25(26,27)28)22(33-23)34-30-7-8-31-34)9-18(35)10-17-12-29-24-21(32-14(3)37-24)20(17)13(2)15-5-6-15/h7-8,11-13,15H,4-6,9-10H2,1-3H3. The number of nitrogens with zero attached hydrogens (tertiary/aromatic N) is 6. The summed E-state index contributed by atoms with van der Waals surface area (Å²) in [5, 5.41) is 8.48. The highest BCUT2D eigenvalue weighted by Crippen LogP contribution is 2.45. The monoisotopic (exact) mass is 530 g/mol. The number of hydrogen-bond acceptors (Lipinski definition) is 8. The molecule has 1 fully saturated rings. The quantitative estimate of drug-likeness (QED) is 0.291. The first-order valence-corrected chi connectivity index (χ1v) is 12.8. The van der Waals surface area contributed by atoms with E-state index in [0.717, 1.165) is 50.2 Å². The summed E-state index contributed by atoms with van der Waals surface area (Å²) in [6, 6.07) is 0.910. The summed E-state index contributed by atoms with van der Waals surface area (Å²) in [5.41, 5.74) is 1.62. The molecule has 0 N–H and O–H groups in total. The number of carbonyl (C=O) groups excluding carboxylic acids is 1. The van der Waals surface area contributed by atoms with Crippen LogP contribution in [0.3, 0.4) is 0 Å². The van der Waals surface area contributed by atoms with Gasteiger partial charge >= 0.3 is 6.18 Å². The lowest BCUT2D eigenvalue weighted by Gasteiger charge is -2.18. The van der Waals surface area contributed by atoms with Crippen molar-refractivity contribution in [2.24, 2.45) is 5.92 Å². The van der Waals surface area contributed by atoms with Gasteiger partial charge in [-0.05, 0) is 55.7 Å². The Balaban J connectivity index is 1.50. The van der Waals surface area contributed by atoms with Crippen LogP contribution < -0.4 is 4.74 Å². The Bertz CT molecular complexity index is 1450. The number of aromatic nitrogens is 6. The van der Waals surface area contributed by atoms with E-state index in [1.807, 2.05) is 6.92 Å². The number of ketones is 1. The molecule has 12 heteroatoms. The maximum atomic E-state index is 13.9. The summed E-state index contributed by atoms with van der Waals surface area (Å²) in [5.74, 6) is -0.0722. The van der Waals surface area contributed by atoms with Crippen LogP contribution in [0.2, 0.25) is 0 Å². The van der Waals surface area contributed by atoms with E-state index in [4.69, 9.17) is 4.74 Å². The Morgan fingerprint density at radius 3 is 2.54 bits per heavy atom. The van der Waals surface area contributed by atoms with Crippen LogP contribution in [-0.4, -0.2) is 42.3 Å². The molecular weight excluding hydrogens is 505 g/mol. The lowest BCUT2D eigenvalue weighted by atomic mass is 9.89. The van der Waals surface area contributed by atoms with Crippen molar-refractivity contribution in [1.29, 1.82) is 0 Å². The molecule has 0 amide bonds. The van der Waals surface area contributed by atoms with E-state index in [0.29, 0.717) is 5.92 Å². The summed E-state index contributed by atoms with van der Waals surface area (Å²) in [6.45, 7) is 5.92. The number of Topliss-reactive ketones (excluding diaryl/α,β-unsaturated/α-hetero) is 1. The van der Waals surface area contributed by atoms with Crippen molar-refractivity contribution >= 4 is 27.5 Å². The summed E-state index contributed by atoms with van der Waals surface area (Å²) in [7, 11) is 0. The molecule has 1 aliphatic rings. The van der Waals surface area contributed by atoms with Crippen LogP contribution in [-0.2, 0) is 23.8 Å². The third-order valence-electron chi connectivity index (χ3n) is 6.45. The van der Waals surface area contributed by atoms with E-state index in [-0.39, 0.29) is 42.6 Å². The lowest BCUT2D eigenvalue weighted by Crippen LogP contribution is -2.18. The van der Waals surface area contributed by atoms with Crippen molar-refractivity contribution < 1.29 is 22.7 Å². The Kier molecular flexibility index (Phi) is 6.69. The van der Waals surface area contributed by atoms with Crippen LogP contribution in [0, 0.1) is 12.8 Å². The van der Waals surface area contributed by atoms with E-state index in [2.05, 4.69) is 32.1 Å². The van der Waals surface area contributed by atoms with Crippen molar-refractivity contribution in [3.05, 3.63) is 51.9 Å². The molecule has 4 aromatic rings. The number of fused-ring (bicyclic) bond motifs is 1. The molecule has 8 nitrogen and oxygen atoms in total. The summed E-state index contributed by atoms with van der Waals surface area (Å²) in [4.78, 5) is 28.2. The maximum Gasteiger partial charge on any atom is 0.420 e. The van der Waals surface area contributed by atoms with Crippen LogP contribution in [0.15, 0.2) is 24.7 Å². The summed E-state index contributed by atoms with van der Waals surface area (Å²) >= 11 is 1.51. The fraction of sp³-hybridized carbons (Fsp3) is 0.440. The molecule has 0 radical (unpaired) electrons. The first-order valence-electron chi connectivity index (χ1n) is 12.0. The zero-order valence-corrected chi connectivity index (χ0v) is 21.4. The summed E-state index contributed by atoms with van der Waals surface area (Å²) in [6.07, 6.45) is 1.50. The second kappa shape index (κ2) is 9.81. The van der Waals surface area contributed by atoms with Gasteiger partial charge in [0.05, 0.1) is 24.0 Å². The third kappa shape index (κ3) is 5.20. The number of thiazole rings is 1. The van der Waals surface area contributed by atoms with Crippen molar-refractivity contribution in [1.82, 2.24) is 29.9 Å². The van der Waals surface area contributed by atoms with Gasteiger partial charge in [0.25, 0.3) is 0 Å². The topological polar surface area (TPSA) is 95.7 Å². The minimum Gasteiger partial charge on any atom is -0.478 e. The van der Waals surface area contributed by atoms with Crippen LogP contribution in [0.25, 0.3) is 16.2 Å². The third-order valence-corrected chi connectivity index (χ3v) is 7.33. The average molecular weight is 531 g/mol. The van der Waals surface area contributed by atoms with E-state index in [1.54, 1.807) is 13.1 Å². The number of carbonyl (C=O) groups is 1. The number of alkyl halides is 3. The molecule has 1 aliphatic carbocycles. The van der Waals surface area contributed by atoms with Gasteiger partial charge in [-0.3, -0.25) is 4.79 Å². The molecule has 194 valence electrons. The molecule has 1 unspecified atom stereocenters. The van der Waals surface area contributed by atoms with Crippen LogP contribution in [0.4, 0.5) is 13.2 Å². The highest BCUT2D eigenvalue weighted by molar-refractivity contribution is 7.18. The zero-order valence-electron chi connectivity index (χ0n) is 20.5. The SMILES string of the molecule is CCOc1nc(-n2nccn2)c(C(F)(F)F)cc1CC(=O)Cc1cnc2sc(C)nc2c1C(C)C1CC1. The zero-order chi connectivity index (χ0) is 26.3. The number of pyridine rings is 2. The smallest absolute Gasteiger partial charge is 0.420 e. The first kappa shape index (κ1) is 25.2. The first-order chi connectivity index (χ1) is 17.7. The van der Waals surface area contributed by atoms with Crippen molar-refractivity contribution in [3.63, 3.8) is 0 Å². The molecule has 37 heavy (non-hydrogen) atoms. The Hall–Kier alpha value is -3.41. The maximum absolute atomic E-state index is 13.9. The molecule has 0 aliphatic heterocycles. The van der Waals surface area contributed by atoms with Crippen molar-refractivity contribution in [2.45, 2.75) is 58.5 Å². The Morgan fingerprint density at radius 2 is 1.89 bits per heavy atom. The number of ether oxygens (including phenoxy) is 1. The van der Waals surface area contributed by atoms with Gasteiger partial charge in [0, 0.05) is 24.6 Å². The van der Waals surface area contributed by atoms with Gasteiger partial charge in [-0.2, -0.15) is 28.4 Å². The van der Waals surface area contributed by atoms with Crippen molar-refractivity contribution in [2.75, 3.05) is 6.61 Å². The molecule has 1 saturated carbocycles. The Morgan fingerprint density at radius 1 is 1.19 bits per heavy atom. The van der Waals surface area contributed by atoms with Gasteiger partial charge in [-0.1, -0.05) is 18.3 Å². The molecule has 4 aromatic heterocycles. The highest BCUT2D eigenvalue weighted by atomic mass is 32.1. The molecule has 0 bridgehead atoms. The number of rotatable bonds is 9. The molecule has 0 saturated heterocycles. The number of halogens is 3. The fourth-order valence-corrected chi connectivity index (χ4v) is 5.38. The van der Waals surface area contributed by atoms with Gasteiger partial charge in [-0.25, -0.2) is 9.97 Å². The van der Waals surface area contributed by atoms with Gasteiger partial charge in [0.1, 0.15) is 21.7 Å². The Labute approximate surface area is 214 Å². The minimum atomic E-state index is -4.73. The van der Waals surface area contributed by atoms with Crippen LogP contribution in [0.5, 0.6) is 5.88 Å². The van der Waals surface area contributed by atoms with E-state index >= 15 is 0 Å². The van der Waals surface area contributed by atoms with Crippen LogP contribution in [0.1, 0.15) is 59.9 Å². The molecular formula is C25H25F3N6O2S. The molecule has 0 aromatic carbocycles. The number of hydrogen-bond donors (Lipinski definition) is 0. The van der Waals surface area contributed by atoms with E-state index < -0.39 is 17.6 Å². The minimum absolute atomic E-state index is 0.0291. The molecule has 0 spiro atoms. The second-order valence-corrected chi connectivity index (χ2v) is 10.4. The van der Waals surface area contributed by atoms with Gasteiger partial charge in [0.2, 0.25) is 5.88 Å². The molecule has 5 rings (SSSR count). The van der Waals surface area contributed by atoms with E-state index in [9.17, 15) is 18.0 Å². The highest BCUT2D eigenvalue weighted by Gasteiger charge is 2.37. The molecule has 4 heterocycles. The van der Waals surface area contributed by atoms with Gasteiger partial charge in [0.15, 0.2) is 5.82 Å². The normalized spacial score (nSPS) is 14.8. The van der Waals surface area contributed by atoms with Gasteiger partial charge < -0.3 is 4.74 Å². The van der Waals surface area contributed by atoms with Crippen molar-refractivity contribution in [3.8, 4) is 11.7 Å². The second-order valence-electron chi connectivity index (χ2n) is 9.18. The lowest BCUT2D eigenvalue weighted by molar-refractivity contribution is -0.138. The average Bonchev–Trinajstić information content (AvgIpc) is 3.40. The van der Waals surface area contributed by atoms with Gasteiger partial charge in [-0.15, -0.1) is 4.80 Å². The summed E-state index contributed by atoms with van der Waals surface area (Å²) < 4.78 is 47.4.